The van der Waals surface area contributed by atoms with Gasteiger partial charge in [-0.15, -0.1) is 0 Å². The summed E-state index contributed by atoms with van der Waals surface area (Å²) in [4.78, 5) is 17.0. The van der Waals surface area contributed by atoms with Gasteiger partial charge < -0.3 is 15.2 Å². The maximum Gasteiger partial charge on any atom is 0.234 e. The molecule has 0 aromatic heterocycles. The van der Waals surface area contributed by atoms with E-state index in [1.807, 2.05) is 6.07 Å². The molecule has 3 fully saturated rings. The number of nitrogens with one attached hydrogen (secondary N) is 1. The van der Waals surface area contributed by atoms with E-state index in [4.69, 9.17) is 4.74 Å². The maximum absolute atomic E-state index is 12.4. The Bertz CT molecular complexity index is 616. The number of carbonyl (C=O) groups excluding carboxylic acids is 1. The number of ether oxygens (including phenoxy) is 1. The molecule has 6 nitrogen and oxygen atoms in total. The van der Waals surface area contributed by atoms with Gasteiger partial charge in [0.2, 0.25) is 5.91 Å². The number of morpholine rings is 1. The number of nitrogens with zero attached hydrogens (tertiary/aromatic N) is 2. The predicted molar refractivity (Wildman–Crippen MR) is 104 cm³/mol. The van der Waals surface area contributed by atoms with Gasteiger partial charge in [0.1, 0.15) is 0 Å². The second kappa shape index (κ2) is 8.69. The lowest BCUT2D eigenvalue weighted by Crippen LogP contribution is -2.67. The number of hydrogen-bond acceptors (Lipinski definition) is 5. The van der Waals surface area contributed by atoms with Crippen LogP contribution in [0.4, 0.5) is 0 Å². The number of hydrogen-bond donors (Lipinski definition) is 2. The number of rotatable bonds is 8. The molecule has 4 rings (SSSR count). The van der Waals surface area contributed by atoms with Crippen LogP contribution in [-0.4, -0.2) is 85.4 Å². The van der Waals surface area contributed by atoms with Gasteiger partial charge in [-0.2, -0.15) is 0 Å². The van der Waals surface area contributed by atoms with Gasteiger partial charge in [0, 0.05) is 44.2 Å². The fourth-order valence-electron chi connectivity index (χ4n) is 4.50. The van der Waals surface area contributed by atoms with Crippen molar-refractivity contribution >= 4 is 5.91 Å². The minimum Gasteiger partial charge on any atom is -0.395 e. The van der Waals surface area contributed by atoms with E-state index in [0.717, 1.165) is 25.6 Å². The van der Waals surface area contributed by atoms with Crippen molar-refractivity contribution in [2.45, 2.75) is 30.8 Å². The van der Waals surface area contributed by atoms with Gasteiger partial charge in [-0.25, -0.2) is 0 Å². The van der Waals surface area contributed by atoms with Crippen LogP contribution in [0.2, 0.25) is 0 Å². The molecular weight excluding hydrogens is 342 g/mol. The van der Waals surface area contributed by atoms with Crippen molar-refractivity contribution in [1.29, 1.82) is 0 Å². The van der Waals surface area contributed by atoms with Crippen LogP contribution in [0.5, 0.6) is 0 Å². The molecule has 2 heterocycles. The molecule has 1 saturated carbocycles. The second-order valence-electron chi connectivity index (χ2n) is 8.09. The SMILES string of the molecule is O=C(CN1CCOCC1)NC[C@@H]1[C@@H](c2ccccc2)[C@@H](CO)N1CC1CC1. The minimum absolute atomic E-state index is 0.0857. The van der Waals surface area contributed by atoms with Gasteiger partial charge in [0.05, 0.1) is 26.4 Å². The predicted octanol–water partition coefficient (Wildman–Crippen LogP) is 0.674. The van der Waals surface area contributed by atoms with Gasteiger partial charge in [0.15, 0.2) is 0 Å². The Hall–Kier alpha value is -1.47. The quantitative estimate of drug-likeness (QED) is 0.701. The Labute approximate surface area is 161 Å². The lowest BCUT2D eigenvalue weighted by Gasteiger charge is -2.55. The number of aliphatic hydroxyl groups is 1. The summed E-state index contributed by atoms with van der Waals surface area (Å²) >= 11 is 0. The van der Waals surface area contributed by atoms with Crippen molar-refractivity contribution in [3.8, 4) is 0 Å². The molecule has 0 spiro atoms. The van der Waals surface area contributed by atoms with Crippen LogP contribution in [0.3, 0.4) is 0 Å². The molecule has 27 heavy (non-hydrogen) atoms. The summed E-state index contributed by atoms with van der Waals surface area (Å²) in [6.45, 7) is 5.36. The van der Waals surface area contributed by atoms with Gasteiger partial charge in [-0.3, -0.25) is 14.6 Å². The van der Waals surface area contributed by atoms with E-state index < -0.39 is 0 Å². The molecule has 0 unspecified atom stereocenters. The third-order valence-corrected chi connectivity index (χ3v) is 6.20. The van der Waals surface area contributed by atoms with E-state index in [1.54, 1.807) is 0 Å². The molecule has 0 radical (unpaired) electrons. The average molecular weight is 373 g/mol. The molecule has 1 aromatic rings. The zero-order valence-electron chi connectivity index (χ0n) is 15.9. The monoisotopic (exact) mass is 373 g/mol. The summed E-state index contributed by atoms with van der Waals surface area (Å²) in [7, 11) is 0. The van der Waals surface area contributed by atoms with E-state index in [-0.39, 0.29) is 30.5 Å². The van der Waals surface area contributed by atoms with E-state index in [2.05, 4.69) is 39.4 Å². The topological polar surface area (TPSA) is 65.0 Å². The number of aliphatic hydroxyl groups excluding tert-OH is 1. The van der Waals surface area contributed by atoms with Crippen LogP contribution < -0.4 is 5.32 Å². The van der Waals surface area contributed by atoms with Crippen molar-refractivity contribution in [2.75, 3.05) is 52.5 Å². The van der Waals surface area contributed by atoms with E-state index in [9.17, 15) is 9.90 Å². The average Bonchev–Trinajstić information content (AvgIpc) is 3.51. The van der Waals surface area contributed by atoms with Crippen molar-refractivity contribution in [3.63, 3.8) is 0 Å². The molecular formula is C21H31N3O3. The first-order valence-corrected chi connectivity index (χ1v) is 10.2. The Morgan fingerprint density at radius 3 is 2.56 bits per heavy atom. The van der Waals surface area contributed by atoms with Gasteiger partial charge >= 0.3 is 0 Å². The lowest BCUT2D eigenvalue weighted by molar-refractivity contribution is -0.124. The molecule has 148 valence electrons. The second-order valence-corrected chi connectivity index (χ2v) is 8.09. The first-order chi connectivity index (χ1) is 13.3. The number of carbonyl (C=O) groups is 1. The van der Waals surface area contributed by atoms with Crippen molar-refractivity contribution in [2.24, 2.45) is 5.92 Å². The van der Waals surface area contributed by atoms with E-state index in [0.29, 0.717) is 26.3 Å². The summed E-state index contributed by atoms with van der Waals surface area (Å²) in [5, 5.41) is 13.1. The molecule has 6 heteroatoms. The third-order valence-electron chi connectivity index (χ3n) is 6.20. The molecule has 3 aliphatic rings. The van der Waals surface area contributed by atoms with E-state index >= 15 is 0 Å². The first-order valence-electron chi connectivity index (χ1n) is 10.2. The number of amides is 1. The van der Waals surface area contributed by atoms with Gasteiger partial charge in [0.25, 0.3) is 0 Å². The molecule has 1 amide bonds. The zero-order valence-corrected chi connectivity index (χ0v) is 15.9. The van der Waals surface area contributed by atoms with Crippen LogP contribution in [-0.2, 0) is 9.53 Å². The highest BCUT2D eigenvalue weighted by molar-refractivity contribution is 5.78. The summed E-state index contributed by atoms with van der Waals surface area (Å²) in [5.41, 5.74) is 1.26. The highest BCUT2D eigenvalue weighted by Gasteiger charge is 2.49. The Morgan fingerprint density at radius 1 is 1.15 bits per heavy atom. The Balaban J connectivity index is 1.37. The first kappa shape index (κ1) is 18.9. The molecule has 1 aliphatic carbocycles. The van der Waals surface area contributed by atoms with Crippen molar-refractivity contribution in [1.82, 2.24) is 15.1 Å². The van der Waals surface area contributed by atoms with Gasteiger partial charge in [-0.05, 0) is 24.3 Å². The van der Waals surface area contributed by atoms with Crippen LogP contribution in [0, 0.1) is 5.92 Å². The largest absolute Gasteiger partial charge is 0.395 e. The van der Waals surface area contributed by atoms with Gasteiger partial charge in [-0.1, -0.05) is 30.3 Å². The smallest absolute Gasteiger partial charge is 0.234 e. The Kier molecular flexibility index (Phi) is 6.08. The molecule has 2 aliphatic heterocycles. The van der Waals surface area contributed by atoms with Crippen LogP contribution in [0.25, 0.3) is 0 Å². The molecule has 2 saturated heterocycles. The van der Waals surface area contributed by atoms with E-state index in [1.165, 1.54) is 18.4 Å². The summed E-state index contributed by atoms with van der Waals surface area (Å²) < 4.78 is 5.35. The fraction of sp³-hybridized carbons (Fsp3) is 0.667. The highest BCUT2D eigenvalue weighted by atomic mass is 16.5. The number of likely N-dealkylation sites (tertiary alicyclic amines) is 1. The third kappa shape index (κ3) is 4.51. The normalized spacial score (nSPS) is 29.3. The maximum atomic E-state index is 12.4. The Morgan fingerprint density at radius 2 is 1.89 bits per heavy atom. The van der Waals surface area contributed by atoms with Crippen molar-refractivity contribution < 1.29 is 14.6 Å². The fourth-order valence-corrected chi connectivity index (χ4v) is 4.50. The summed E-state index contributed by atoms with van der Waals surface area (Å²) in [6.07, 6.45) is 2.58. The summed E-state index contributed by atoms with van der Waals surface area (Å²) in [5.74, 6) is 1.13. The van der Waals surface area contributed by atoms with Crippen LogP contribution in [0.15, 0.2) is 30.3 Å². The molecule has 3 atom stereocenters. The molecule has 0 bridgehead atoms. The summed E-state index contributed by atoms with van der Waals surface area (Å²) in [6, 6.07) is 10.8. The molecule has 2 N–H and O–H groups in total. The minimum atomic E-state index is 0.0857. The zero-order chi connectivity index (χ0) is 18.6. The standard InChI is InChI=1S/C21H31N3O3/c25-15-19-21(17-4-2-1-3-5-17)18(24(19)13-16-6-7-16)12-22-20(26)14-23-8-10-27-11-9-23/h1-5,16,18-19,21,25H,6-15H2,(H,22,26)/t18-,19-,21-/m1/s1. The van der Waals surface area contributed by atoms with Crippen LogP contribution in [0.1, 0.15) is 24.3 Å². The van der Waals surface area contributed by atoms with Crippen molar-refractivity contribution in [3.05, 3.63) is 35.9 Å². The number of benzene rings is 1. The molecule has 1 aromatic carbocycles. The highest BCUT2D eigenvalue weighted by Crippen LogP contribution is 2.43. The van der Waals surface area contributed by atoms with Crippen LogP contribution >= 0.6 is 0 Å². The lowest BCUT2D eigenvalue weighted by atomic mass is 9.75.